The molecule has 2 aromatic rings. The van der Waals surface area contributed by atoms with Crippen molar-refractivity contribution in [3.8, 4) is 0 Å². The number of hydrogen-bond donors (Lipinski definition) is 0. The SMILES string of the molecule is COC(=O)OCC1CCCC(c2c(C)ccc3c2cnn3C2CCCCO2)CC1=O. The van der Waals surface area contributed by atoms with Crippen LogP contribution in [-0.2, 0) is 19.0 Å². The Morgan fingerprint density at radius 2 is 2.10 bits per heavy atom. The second-order valence-electron chi connectivity index (χ2n) is 8.40. The first kappa shape index (κ1) is 20.8. The summed E-state index contributed by atoms with van der Waals surface area (Å²) < 4.78 is 17.5. The predicted molar refractivity (Wildman–Crippen MR) is 111 cm³/mol. The Kier molecular flexibility index (Phi) is 6.37. The number of nitrogens with zero attached hydrogens (tertiary/aromatic N) is 2. The van der Waals surface area contributed by atoms with Crippen LogP contribution in [0.25, 0.3) is 10.9 Å². The van der Waals surface area contributed by atoms with Gasteiger partial charge in [0.25, 0.3) is 0 Å². The maximum absolute atomic E-state index is 12.9. The third-order valence-corrected chi connectivity index (χ3v) is 6.45. The highest BCUT2D eigenvalue weighted by molar-refractivity contribution is 5.87. The second-order valence-corrected chi connectivity index (χ2v) is 8.40. The highest BCUT2D eigenvalue weighted by Gasteiger charge is 2.30. The van der Waals surface area contributed by atoms with Crippen LogP contribution in [0.1, 0.15) is 68.2 Å². The van der Waals surface area contributed by atoms with Gasteiger partial charge in [0, 0.05) is 18.4 Å². The van der Waals surface area contributed by atoms with Crippen LogP contribution < -0.4 is 0 Å². The molecule has 0 N–H and O–H groups in total. The number of aryl methyl sites for hydroxylation is 1. The van der Waals surface area contributed by atoms with Crippen LogP contribution in [0.3, 0.4) is 0 Å². The lowest BCUT2D eigenvalue weighted by molar-refractivity contribution is -0.124. The fourth-order valence-corrected chi connectivity index (χ4v) is 4.87. The van der Waals surface area contributed by atoms with Gasteiger partial charge in [-0.3, -0.25) is 4.79 Å². The number of aromatic nitrogens is 2. The Labute approximate surface area is 176 Å². The maximum Gasteiger partial charge on any atom is 0.508 e. The van der Waals surface area contributed by atoms with Crippen molar-refractivity contribution in [3.05, 3.63) is 29.5 Å². The van der Waals surface area contributed by atoms with Gasteiger partial charge in [-0.1, -0.05) is 12.5 Å². The molecule has 1 aromatic carbocycles. The van der Waals surface area contributed by atoms with E-state index in [2.05, 4.69) is 28.9 Å². The van der Waals surface area contributed by atoms with Crippen LogP contribution in [0.4, 0.5) is 4.79 Å². The van der Waals surface area contributed by atoms with Gasteiger partial charge >= 0.3 is 6.16 Å². The van der Waals surface area contributed by atoms with Crippen molar-refractivity contribution in [3.63, 3.8) is 0 Å². The van der Waals surface area contributed by atoms with Crippen LogP contribution >= 0.6 is 0 Å². The number of carbonyl (C=O) groups is 2. The zero-order valence-electron chi connectivity index (χ0n) is 17.8. The van der Waals surface area contributed by atoms with E-state index in [1.54, 1.807) is 0 Å². The third kappa shape index (κ3) is 4.21. The Hall–Kier alpha value is -2.41. The van der Waals surface area contributed by atoms with Crippen molar-refractivity contribution in [1.82, 2.24) is 9.78 Å². The summed E-state index contributed by atoms with van der Waals surface area (Å²) in [5.41, 5.74) is 3.48. The number of fused-ring (bicyclic) bond motifs is 1. The molecule has 0 radical (unpaired) electrons. The Balaban J connectivity index is 1.58. The van der Waals surface area contributed by atoms with Gasteiger partial charge in [0.1, 0.15) is 12.4 Å². The number of rotatable bonds is 4. The van der Waals surface area contributed by atoms with Gasteiger partial charge in [-0.2, -0.15) is 5.10 Å². The number of ketones is 1. The van der Waals surface area contributed by atoms with Crippen LogP contribution in [0.2, 0.25) is 0 Å². The maximum atomic E-state index is 12.9. The van der Waals surface area contributed by atoms with Crippen LogP contribution in [0.5, 0.6) is 0 Å². The minimum atomic E-state index is -0.735. The third-order valence-electron chi connectivity index (χ3n) is 6.45. The first-order valence-corrected chi connectivity index (χ1v) is 10.9. The fraction of sp³-hybridized carbons (Fsp3) is 0.609. The predicted octanol–water partition coefficient (Wildman–Crippen LogP) is 4.67. The number of Topliss-reactive ketones (excluding diaryl/α,β-unsaturated/α-hetero) is 1. The van der Waals surface area contributed by atoms with Gasteiger partial charge in [0.05, 0.1) is 24.7 Å². The lowest BCUT2D eigenvalue weighted by Crippen LogP contribution is -2.22. The standard InChI is InChI=1S/C23H30N2O5/c1-15-9-10-19-18(13-24-25(19)21-8-3-4-11-29-21)22(15)16-6-5-7-17(20(26)12-16)14-30-23(27)28-2/h9-10,13,16-17,21H,3-8,11-12,14H2,1-2H3. The first-order chi connectivity index (χ1) is 14.6. The summed E-state index contributed by atoms with van der Waals surface area (Å²) >= 11 is 0. The highest BCUT2D eigenvalue weighted by Crippen LogP contribution is 2.39. The first-order valence-electron chi connectivity index (χ1n) is 10.9. The summed E-state index contributed by atoms with van der Waals surface area (Å²) in [4.78, 5) is 24.2. The van der Waals surface area contributed by atoms with Crippen molar-refractivity contribution in [2.24, 2.45) is 5.92 Å². The molecule has 2 aliphatic rings. The minimum Gasteiger partial charge on any atom is -0.438 e. The smallest absolute Gasteiger partial charge is 0.438 e. The van der Waals surface area contributed by atoms with Gasteiger partial charge in [0.2, 0.25) is 0 Å². The number of hydrogen-bond acceptors (Lipinski definition) is 6. The van der Waals surface area contributed by atoms with E-state index >= 15 is 0 Å². The molecule has 1 aromatic heterocycles. The highest BCUT2D eigenvalue weighted by atomic mass is 16.7. The molecule has 2 heterocycles. The monoisotopic (exact) mass is 414 g/mol. The van der Waals surface area contributed by atoms with Crippen molar-refractivity contribution in [2.45, 2.75) is 64.0 Å². The Morgan fingerprint density at radius 1 is 1.23 bits per heavy atom. The van der Waals surface area contributed by atoms with Crippen LogP contribution in [0, 0.1) is 12.8 Å². The van der Waals surface area contributed by atoms with E-state index in [-0.39, 0.29) is 30.5 Å². The average molecular weight is 415 g/mol. The largest absolute Gasteiger partial charge is 0.508 e. The molecule has 7 heteroatoms. The lowest BCUT2D eigenvalue weighted by Gasteiger charge is -2.24. The van der Waals surface area contributed by atoms with E-state index in [9.17, 15) is 9.59 Å². The summed E-state index contributed by atoms with van der Waals surface area (Å²) in [5.74, 6) is 0.0435. The molecule has 30 heavy (non-hydrogen) atoms. The molecule has 1 aliphatic carbocycles. The number of carbonyl (C=O) groups excluding carboxylic acids is 2. The number of methoxy groups -OCH3 is 1. The molecule has 0 amide bonds. The van der Waals surface area contributed by atoms with E-state index in [1.165, 1.54) is 18.2 Å². The van der Waals surface area contributed by atoms with Gasteiger partial charge in [-0.15, -0.1) is 0 Å². The molecule has 3 unspecified atom stereocenters. The summed E-state index contributed by atoms with van der Waals surface area (Å²) in [6, 6.07) is 4.25. The second kappa shape index (κ2) is 9.16. The van der Waals surface area contributed by atoms with E-state index in [0.717, 1.165) is 56.0 Å². The van der Waals surface area contributed by atoms with Crippen molar-refractivity contribution >= 4 is 22.8 Å². The molecular weight excluding hydrogens is 384 g/mol. The average Bonchev–Trinajstić information content (AvgIpc) is 3.10. The molecule has 4 rings (SSSR count). The molecule has 1 saturated carbocycles. The van der Waals surface area contributed by atoms with Crippen molar-refractivity contribution in [2.75, 3.05) is 20.3 Å². The molecule has 0 bridgehead atoms. The van der Waals surface area contributed by atoms with Crippen LogP contribution in [-0.4, -0.2) is 42.0 Å². The molecule has 162 valence electrons. The molecule has 0 spiro atoms. The number of ether oxygens (including phenoxy) is 3. The molecule has 7 nitrogen and oxygen atoms in total. The summed E-state index contributed by atoms with van der Waals surface area (Å²) in [7, 11) is 1.27. The zero-order chi connectivity index (χ0) is 21.1. The van der Waals surface area contributed by atoms with Crippen molar-refractivity contribution in [1.29, 1.82) is 0 Å². The zero-order valence-corrected chi connectivity index (χ0v) is 17.8. The minimum absolute atomic E-state index is 0.0116. The fourth-order valence-electron chi connectivity index (χ4n) is 4.87. The van der Waals surface area contributed by atoms with E-state index < -0.39 is 6.16 Å². The van der Waals surface area contributed by atoms with E-state index in [1.807, 2.05) is 10.9 Å². The summed E-state index contributed by atoms with van der Waals surface area (Å²) in [6.45, 7) is 2.98. The summed E-state index contributed by atoms with van der Waals surface area (Å²) in [5, 5.41) is 5.78. The molecule has 1 saturated heterocycles. The van der Waals surface area contributed by atoms with Gasteiger partial charge < -0.3 is 14.2 Å². The van der Waals surface area contributed by atoms with Gasteiger partial charge in [-0.25, -0.2) is 9.48 Å². The van der Waals surface area contributed by atoms with Crippen molar-refractivity contribution < 1.29 is 23.8 Å². The van der Waals surface area contributed by atoms with E-state index in [4.69, 9.17) is 9.47 Å². The quantitative estimate of drug-likeness (QED) is 0.534. The molecule has 3 atom stereocenters. The van der Waals surface area contributed by atoms with E-state index in [0.29, 0.717) is 6.42 Å². The van der Waals surface area contributed by atoms with Gasteiger partial charge in [-0.05, 0) is 62.1 Å². The van der Waals surface area contributed by atoms with Crippen LogP contribution in [0.15, 0.2) is 18.3 Å². The lowest BCUT2D eigenvalue weighted by atomic mass is 9.86. The topological polar surface area (TPSA) is 79.7 Å². The molecule has 2 fully saturated rings. The normalized spacial score (nSPS) is 25.1. The summed E-state index contributed by atoms with van der Waals surface area (Å²) in [6.07, 6.45) is 7.46. The number of benzene rings is 1. The molecular formula is C23H30N2O5. The Morgan fingerprint density at radius 3 is 2.87 bits per heavy atom. The Bertz CT molecular complexity index is 916. The van der Waals surface area contributed by atoms with Gasteiger partial charge in [0.15, 0.2) is 6.23 Å². The molecule has 1 aliphatic heterocycles.